The Morgan fingerprint density at radius 3 is 2.29 bits per heavy atom. The fourth-order valence-corrected chi connectivity index (χ4v) is 4.85. The minimum Gasteiger partial charge on any atom is -0.480 e. The molecule has 7 nitrogen and oxygen atoms in total. The largest absolute Gasteiger partial charge is 0.480 e. The van der Waals surface area contributed by atoms with Crippen LogP contribution in [0.3, 0.4) is 0 Å². The van der Waals surface area contributed by atoms with E-state index in [0.29, 0.717) is 23.1 Å². The number of nitrogens with zero attached hydrogens (tertiary/aromatic N) is 1. The first-order chi connectivity index (χ1) is 13.1. The number of hydrogen-bond donors (Lipinski definition) is 2. The van der Waals surface area contributed by atoms with Gasteiger partial charge in [-0.1, -0.05) is 54.1 Å². The number of hydrogen-bond acceptors (Lipinski definition) is 5. The molecule has 1 rings (SSSR count). The van der Waals surface area contributed by atoms with Gasteiger partial charge in [0.1, 0.15) is 6.04 Å². The first-order valence-corrected chi connectivity index (χ1v) is 12.2. The molecule has 1 aromatic rings. The van der Waals surface area contributed by atoms with E-state index in [1.165, 1.54) is 12.1 Å². The third kappa shape index (κ3) is 7.32. The molecule has 0 saturated heterocycles. The molecule has 0 radical (unpaired) electrons. The number of alkyl halides is 1. The second-order valence-corrected chi connectivity index (χ2v) is 9.67. The lowest BCUT2D eigenvalue weighted by Crippen LogP contribution is -2.49. The Hall–Kier alpha value is -1.20. The summed E-state index contributed by atoms with van der Waals surface area (Å²) in [4.78, 5) is 24.2. The predicted octanol–water partition coefficient (Wildman–Crippen LogP) is 2.82. The minimum absolute atomic E-state index is 0.0756. The Morgan fingerprint density at radius 2 is 1.79 bits per heavy atom. The van der Waals surface area contributed by atoms with Crippen molar-refractivity contribution in [1.82, 2.24) is 9.62 Å². The van der Waals surface area contributed by atoms with E-state index in [2.05, 4.69) is 19.2 Å². The van der Waals surface area contributed by atoms with E-state index >= 15 is 0 Å². The molecule has 0 aliphatic carbocycles. The quantitative estimate of drug-likeness (QED) is 0.248. The summed E-state index contributed by atoms with van der Waals surface area (Å²) in [7, 11) is -4.25. The standard InChI is InChI=1S/C19H29IN2O5S/c1-14(2)13-21-11-5-4-6-17(19(24)25)22(18(23)12-20)28(26,27)16-9-7-15(3)8-10-16/h7-10,14,17,21H,4-6,11-13H2,1-3H3,(H,24,25)/t17-/m0/s1. The summed E-state index contributed by atoms with van der Waals surface area (Å²) in [6, 6.07) is 4.62. The van der Waals surface area contributed by atoms with Crippen molar-refractivity contribution in [3.63, 3.8) is 0 Å². The molecule has 1 aromatic carbocycles. The number of sulfonamides is 1. The summed E-state index contributed by atoms with van der Waals surface area (Å²) >= 11 is 1.75. The number of unbranched alkanes of at least 4 members (excludes halogenated alkanes) is 1. The molecule has 0 spiro atoms. The second kappa shape index (κ2) is 11.7. The molecule has 158 valence electrons. The number of aryl methyl sites for hydroxylation is 1. The Morgan fingerprint density at radius 1 is 1.18 bits per heavy atom. The highest BCUT2D eigenvalue weighted by molar-refractivity contribution is 14.1. The average Bonchev–Trinajstić information content (AvgIpc) is 2.62. The molecular weight excluding hydrogens is 495 g/mol. The van der Waals surface area contributed by atoms with Gasteiger partial charge in [-0.15, -0.1) is 0 Å². The van der Waals surface area contributed by atoms with Gasteiger partial charge in [0.2, 0.25) is 5.91 Å². The van der Waals surface area contributed by atoms with Crippen LogP contribution in [0.2, 0.25) is 0 Å². The number of rotatable bonds is 12. The van der Waals surface area contributed by atoms with E-state index in [9.17, 15) is 23.1 Å². The first-order valence-electron chi connectivity index (χ1n) is 9.24. The first kappa shape index (κ1) is 24.8. The van der Waals surface area contributed by atoms with E-state index in [1.807, 2.05) is 6.92 Å². The van der Waals surface area contributed by atoms with Crippen molar-refractivity contribution in [2.45, 2.75) is 51.0 Å². The van der Waals surface area contributed by atoms with Gasteiger partial charge in [-0.25, -0.2) is 17.5 Å². The van der Waals surface area contributed by atoms with Crippen molar-refractivity contribution in [2.75, 3.05) is 17.5 Å². The number of aliphatic carboxylic acids is 1. The number of amides is 1. The zero-order valence-electron chi connectivity index (χ0n) is 16.5. The van der Waals surface area contributed by atoms with Crippen LogP contribution in [-0.4, -0.2) is 53.3 Å². The van der Waals surface area contributed by atoms with Crippen LogP contribution in [0.15, 0.2) is 29.2 Å². The molecule has 0 unspecified atom stereocenters. The summed E-state index contributed by atoms with van der Waals surface area (Å²) in [5.74, 6) is -1.53. The van der Waals surface area contributed by atoms with Crippen LogP contribution in [0.25, 0.3) is 0 Å². The van der Waals surface area contributed by atoms with Crippen molar-refractivity contribution >= 4 is 44.5 Å². The summed E-state index contributed by atoms with van der Waals surface area (Å²) in [5, 5.41) is 12.9. The zero-order valence-corrected chi connectivity index (χ0v) is 19.5. The molecule has 9 heteroatoms. The van der Waals surface area contributed by atoms with E-state index < -0.39 is 27.9 Å². The van der Waals surface area contributed by atoms with E-state index in [4.69, 9.17) is 0 Å². The van der Waals surface area contributed by atoms with Gasteiger partial charge in [0.05, 0.1) is 9.32 Å². The summed E-state index contributed by atoms with van der Waals surface area (Å²) in [5.41, 5.74) is 0.870. The SMILES string of the molecule is Cc1ccc(S(=O)(=O)N(C(=O)CI)[C@@H](CCCCNCC(C)C)C(=O)O)cc1. The fraction of sp³-hybridized carbons (Fsp3) is 0.579. The van der Waals surface area contributed by atoms with Crippen molar-refractivity contribution in [1.29, 1.82) is 0 Å². The minimum atomic E-state index is -4.25. The predicted molar refractivity (Wildman–Crippen MR) is 117 cm³/mol. The fourth-order valence-electron chi connectivity index (χ4n) is 2.68. The molecule has 0 aliphatic heterocycles. The van der Waals surface area contributed by atoms with Crippen LogP contribution < -0.4 is 5.32 Å². The molecular formula is C19H29IN2O5S. The normalized spacial score (nSPS) is 12.8. The number of carboxylic acids is 1. The lowest BCUT2D eigenvalue weighted by Gasteiger charge is -2.28. The molecule has 0 bridgehead atoms. The highest BCUT2D eigenvalue weighted by Crippen LogP contribution is 2.22. The molecule has 1 atom stereocenters. The lowest BCUT2D eigenvalue weighted by atomic mass is 10.1. The molecule has 0 aromatic heterocycles. The third-order valence-electron chi connectivity index (χ3n) is 4.14. The van der Waals surface area contributed by atoms with E-state index in [0.717, 1.165) is 18.7 Å². The third-order valence-corrected chi connectivity index (χ3v) is 6.64. The number of carboxylic acid groups (broad SMARTS) is 1. The Kier molecular flexibility index (Phi) is 10.4. The van der Waals surface area contributed by atoms with Gasteiger partial charge in [-0.3, -0.25) is 4.79 Å². The molecule has 0 aliphatic rings. The molecule has 28 heavy (non-hydrogen) atoms. The Bertz CT molecular complexity index is 750. The van der Waals surface area contributed by atoms with Crippen molar-refractivity contribution in [3.05, 3.63) is 29.8 Å². The Labute approximate surface area is 181 Å². The number of nitrogens with one attached hydrogen (secondary N) is 1. The van der Waals surface area contributed by atoms with Gasteiger partial charge >= 0.3 is 5.97 Å². The van der Waals surface area contributed by atoms with E-state index in [-0.39, 0.29) is 15.7 Å². The lowest BCUT2D eigenvalue weighted by molar-refractivity contribution is -0.145. The van der Waals surface area contributed by atoms with Crippen LogP contribution in [0.4, 0.5) is 0 Å². The number of carbonyl (C=O) groups excluding carboxylic acids is 1. The highest BCUT2D eigenvalue weighted by atomic mass is 127. The van der Waals surface area contributed by atoms with Gasteiger partial charge in [-0.2, -0.15) is 0 Å². The summed E-state index contributed by atoms with van der Waals surface area (Å²) < 4.78 is 26.5. The maximum atomic E-state index is 13.0. The van der Waals surface area contributed by atoms with Crippen LogP contribution in [-0.2, 0) is 19.6 Å². The van der Waals surface area contributed by atoms with Crippen LogP contribution in [0, 0.1) is 12.8 Å². The average molecular weight is 524 g/mol. The van der Waals surface area contributed by atoms with Crippen molar-refractivity contribution < 1.29 is 23.1 Å². The molecule has 0 heterocycles. The number of benzene rings is 1. The maximum absolute atomic E-state index is 13.0. The van der Waals surface area contributed by atoms with Gasteiger partial charge < -0.3 is 10.4 Å². The van der Waals surface area contributed by atoms with Gasteiger partial charge in [-0.05, 0) is 57.3 Å². The molecule has 0 fully saturated rings. The smallest absolute Gasteiger partial charge is 0.327 e. The monoisotopic (exact) mass is 524 g/mol. The van der Waals surface area contributed by atoms with Crippen LogP contribution in [0.5, 0.6) is 0 Å². The molecule has 1 amide bonds. The maximum Gasteiger partial charge on any atom is 0.327 e. The van der Waals surface area contributed by atoms with Gasteiger partial charge in [0.15, 0.2) is 0 Å². The second-order valence-electron chi connectivity index (χ2n) is 7.09. The number of carbonyl (C=O) groups is 2. The Balaban J connectivity index is 2.99. The summed E-state index contributed by atoms with van der Waals surface area (Å²) in [6.45, 7) is 7.59. The molecule has 0 saturated carbocycles. The zero-order chi connectivity index (χ0) is 21.3. The van der Waals surface area contributed by atoms with Crippen LogP contribution >= 0.6 is 22.6 Å². The summed E-state index contributed by atoms with van der Waals surface area (Å²) in [6.07, 6.45) is 1.27. The number of halogens is 1. The van der Waals surface area contributed by atoms with Crippen molar-refractivity contribution in [3.8, 4) is 0 Å². The van der Waals surface area contributed by atoms with Gasteiger partial charge in [0.25, 0.3) is 10.0 Å². The van der Waals surface area contributed by atoms with Crippen LogP contribution in [0.1, 0.15) is 38.7 Å². The van der Waals surface area contributed by atoms with E-state index in [1.54, 1.807) is 34.7 Å². The van der Waals surface area contributed by atoms with Gasteiger partial charge in [0, 0.05) is 0 Å². The van der Waals surface area contributed by atoms with Crippen molar-refractivity contribution in [2.24, 2.45) is 5.92 Å². The topological polar surface area (TPSA) is 104 Å². The highest BCUT2D eigenvalue weighted by Gasteiger charge is 2.38. The molecule has 2 N–H and O–H groups in total.